The van der Waals surface area contributed by atoms with E-state index in [2.05, 4.69) is 31.0 Å². The van der Waals surface area contributed by atoms with Gasteiger partial charge in [-0.2, -0.15) is 0 Å². The molecule has 1 saturated carbocycles. The lowest BCUT2D eigenvalue weighted by atomic mass is 9.79. The molecule has 2 nitrogen and oxygen atoms in total. The fraction of sp³-hybridized carbons (Fsp3) is 1.00. The first-order valence-electron chi connectivity index (χ1n) is 7.14. The standard InChI is InChI=1S/C14H28N2/c1-11-9-15-12(2)7-8-16(10-11)13(3)14-5-4-6-14/h11-15H,4-10H2,1-3H3. The minimum absolute atomic E-state index is 0.693. The van der Waals surface area contributed by atoms with E-state index < -0.39 is 0 Å². The second-order valence-electron chi connectivity index (χ2n) is 6.13. The van der Waals surface area contributed by atoms with Gasteiger partial charge in [0.25, 0.3) is 0 Å². The normalized spacial score (nSPS) is 36.2. The van der Waals surface area contributed by atoms with Crippen LogP contribution in [0.15, 0.2) is 0 Å². The van der Waals surface area contributed by atoms with Gasteiger partial charge >= 0.3 is 0 Å². The van der Waals surface area contributed by atoms with E-state index in [4.69, 9.17) is 0 Å². The summed E-state index contributed by atoms with van der Waals surface area (Å²) in [5.41, 5.74) is 0. The molecule has 16 heavy (non-hydrogen) atoms. The molecule has 1 N–H and O–H groups in total. The lowest BCUT2D eigenvalue weighted by Gasteiger charge is -2.42. The molecule has 1 saturated heterocycles. The summed E-state index contributed by atoms with van der Waals surface area (Å²) in [5, 5.41) is 3.62. The summed E-state index contributed by atoms with van der Waals surface area (Å²) < 4.78 is 0. The molecule has 0 amide bonds. The Balaban J connectivity index is 1.89. The molecule has 0 aromatic heterocycles. The molecule has 0 radical (unpaired) electrons. The van der Waals surface area contributed by atoms with E-state index in [9.17, 15) is 0 Å². The lowest BCUT2D eigenvalue weighted by Crippen LogP contribution is -2.48. The molecule has 0 aromatic carbocycles. The minimum Gasteiger partial charge on any atom is -0.314 e. The fourth-order valence-electron chi connectivity index (χ4n) is 3.01. The maximum absolute atomic E-state index is 3.62. The van der Waals surface area contributed by atoms with Gasteiger partial charge < -0.3 is 10.2 Å². The van der Waals surface area contributed by atoms with Crippen molar-refractivity contribution < 1.29 is 0 Å². The first kappa shape index (κ1) is 12.4. The minimum atomic E-state index is 0.693. The van der Waals surface area contributed by atoms with E-state index in [1.165, 1.54) is 45.3 Å². The molecule has 1 aliphatic heterocycles. The molecular weight excluding hydrogens is 196 g/mol. The lowest BCUT2D eigenvalue weighted by molar-refractivity contribution is 0.0831. The molecule has 3 atom stereocenters. The highest BCUT2D eigenvalue weighted by Crippen LogP contribution is 2.32. The van der Waals surface area contributed by atoms with Crippen LogP contribution in [0.5, 0.6) is 0 Å². The van der Waals surface area contributed by atoms with Crippen LogP contribution in [0.2, 0.25) is 0 Å². The third kappa shape index (κ3) is 2.98. The quantitative estimate of drug-likeness (QED) is 0.775. The van der Waals surface area contributed by atoms with Crippen molar-refractivity contribution in [3.05, 3.63) is 0 Å². The third-order valence-electron chi connectivity index (χ3n) is 4.62. The van der Waals surface area contributed by atoms with Gasteiger partial charge in [-0.15, -0.1) is 0 Å². The molecular formula is C14H28N2. The number of nitrogens with one attached hydrogen (secondary N) is 1. The van der Waals surface area contributed by atoms with Crippen LogP contribution in [-0.4, -0.2) is 36.6 Å². The van der Waals surface area contributed by atoms with Gasteiger partial charge in [0.2, 0.25) is 0 Å². The number of rotatable bonds is 2. The predicted molar refractivity (Wildman–Crippen MR) is 69.6 cm³/mol. The Hall–Kier alpha value is -0.0800. The van der Waals surface area contributed by atoms with Gasteiger partial charge in [0, 0.05) is 18.6 Å². The van der Waals surface area contributed by atoms with Crippen molar-refractivity contribution in [3.8, 4) is 0 Å². The molecule has 2 fully saturated rings. The Morgan fingerprint density at radius 1 is 1.19 bits per heavy atom. The van der Waals surface area contributed by atoms with Crippen LogP contribution < -0.4 is 5.32 Å². The molecule has 94 valence electrons. The first-order valence-corrected chi connectivity index (χ1v) is 7.14. The van der Waals surface area contributed by atoms with Crippen LogP contribution in [0.4, 0.5) is 0 Å². The average Bonchev–Trinajstić information content (AvgIpc) is 2.16. The van der Waals surface area contributed by atoms with Crippen LogP contribution in [-0.2, 0) is 0 Å². The van der Waals surface area contributed by atoms with Crippen LogP contribution in [0.25, 0.3) is 0 Å². The number of hydrogen-bond acceptors (Lipinski definition) is 2. The molecule has 1 heterocycles. The summed E-state index contributed by atoms with van der Waals surface area (Å²) in [7, 11) is 0. The predicted octanol–water partition coefficient (Wildman–Crippen LogP) is 2.49. The van der Waals surface area contributed by atoms with Gasteiger partial charge in [0.1, 0.15) is 0 Å². The highest BCUT2D eigenvalue weighted by molar-refractivity contribution is 4.84. The van der Waals surface area contributed by atoms with Crippen molar-refractivity contribution in [1.82, 2.24) is 10.2 Å². The van der Waals surface area contributed by atoms with Gasteiger partial charge in [0.05, 0.1) is 0 Å². The first-order chi connectivity index (χ1) is 7.66. The van der Waals surface area contributed by atoms with E-state index in [-0.39, 0.29) is 0 Å². The Morgan fingerprint density at radius 3 is 2.56 bits per heavy atom. The number of hydrogen-bond donors (Lipinski definition) is 1. The maximum Gasteiger partial charge on any atom is 0.00953 e. The van der Waals surface area contributed by atoms with Crippen LogP contribution in [0.1, 0.15) is 46.5 Å². The summed E-state index contributed by atoms with van der Waals surface area (Å²) >= 11 is 0. The van der Waals surface area contributed by atoms with Crippen molar-refractivity contribution in [2.75, 3.05) is 19.6 Å². The average molecular weight is 224 g/mol. The highest BCUT2D eigenvalue weighted by Gasteiger charge is 2.29. The van der Waals surface area contributed by atoms with E-state index >= 15 is 0 Å². The largest absolute Gasteiger partial charge is 0.314 e. The molecule has 1 aliphatic carbocycles. The van der Waals surface area contributed by atoms with Gasteiger partial charge in [-0.3, -0.25) is 0 Å². The van der Waals surface area contributed by atoms with Gasteiger partial charge in [-0.25, -0.2) is 0 Å². The van der Waals surface area contributed by atoms with Crippen LogP contribution in [0.3, 0.4) is 0 Å². The zero-order valence-electron chi connectivity index (χ0n) is 11.2. The molecule has 0 bridgehead atoms. The summed E-state index contributed by atoms with van der Waals surface area (Å²) in [5.74, 6) is 1.79. The topological polar surface area (TPSA) is 15.3 Å². The van der Waals surface area contributed by atoms with E-state index in [0.717, 1.165) is 17.9 Å². The Kier molecular flexibility index (Phi) is 4.26. The molecule has 2 rings (SSSR count). The molecule has 2 aliphatic rings. The third-order valence-corrected chi connectivity index (χ3v) is 4.62. The second kappa shape index (κ2) is 5.50. The summed E-state index contributed by atoms with van der Waals surface area (Å²) in [6, 6.07) is 1.51. The van der Waals surface area contributed by atoms with Crippen molar-refractivity contribution >= 4 is 0 Å². The zero-order valence-corrected chi connectivity index (χ0v) is 11.2. The zero-order chi connectivity index (χ0) is 11.5. The van der Waals surface area contributed by atoms with E-state index in [1.807, 2.05) is 0 Å². The molecule has 2 heteroatoms. The number of nitrogens with zero attached hydrogens (tertiary/aromatic N) is 1. The Labute approximate surface area is 101 Å². The monoisotopic (exact) mass is 224 g/mol. The smallest absolute Gasteiger partial charge is 0.00953 e. The van der Waals surface area contributed by atoms with E-state index in [0.29, 0.717) is 6.04 Å². The fourth-order valence-corrected chi connectivity index (χ4v) is 3.01. The summed E-state index contributed by atoms with van der Waals surface area (Å²) in [4.78, 5) is 2.76. The van der Waals surface area contributed by atoms with Crippen LogP contribution >= 0.6 is 0 Å². The van der Waals surface area contributed by atoms with Crippen molar-refractivity contribution in [2.24, 2.45) is 11.8 Å². The van der Waals surface area contributed by atoms with Crippen molar-refractivity contribution in [3.63, 3.8) is 0 Å². The second-order valence-corrected chi connectivity index (χ2v) is 6.13. The Bertz CT molecular complexity index is 213. The SMILES string of the molecule is CC1CNC(C)CCN(C(C)C2CCC2)C1. The van der Waals surface area contributed by atoms with E-state index in [1.54, 1.807) is 0 Å². The Morgan fingerprint density at radius 2 is 1.94 bits per heavy atom. The van der Waals surface area contributed by atoms with Crippen molar-refractivity contribution in [1.29, 1.82) is 0 Å². The summed E-state index contributed by atoms with van der Waals surface area (Å²) in [6.45, 7) is 10.9. The van der Waals surface area contributed by atoms with Gasteiger partial charge in [0.15, 0.2) is 0 Å². The molecule has 3 unspecified atom stereocenters. The van der Waals surface area contributed by atoms with Gasteiger partial charge in [-0.05, 0) is 58.0 Å². The summed E-state index contributed by atoms with van der Waals surface area (Å²) in [6.07, 6.45) is 5.72. The van der Waals surface area contributed by atoms with Gasteiger partial charge in [-0.1, -0.05) is 13.3 Å². The highest BCUT2D eigenvalue weighted by atomic mass is 15.2. The van der Waals surface area contributed by atoms with Crippen molar-refractivity contribution in [2.45, 2.75) is 58.5 Å². The maximum atomic E-state index is 3.62. The molecule has 0 spiro atoms. The van der Waals surface area contributed by atoms with Crippen LogP contribution in [0, 0.1) is 11.8 Å². The molecule has 0 aromatic rings.